The zero-order valence-corrected chi connectivity index (χ0v) is 22.4. The van der Waals surface area contributed by atoms with Crippen LogP contribution in [0.5, 0.6) is 5.75 Å². The molecule has 0 atom stereocenters. The summed E-state index contributed by atoms with van der Waals surface area (Å²) in [5.41, 5.74) is 4.67. The minimum atomic E-state index is -4.79. The van der Waals surface area contributed by atoms with Gasteiger partial charge in [-0.1, -0.05) is 17.2 Å². The maximum Gasteiger partial charge on any atom is 0.296 e. The van der Waals surface area contributed by atoms with Crippen molar-refractivity contribution in [2.75, 3.05) is 11.1 Å². The molecule has 0 fully saturated rings. The average Bonchev–Trinajstić information content (AvgIpc) is 2.85. The number of azo groups is 1. The highest BCUT2D eigenvalue weighted by atomic mass is 35.5. The lowest BCUT2D eigenvalue weighted by molar-refractivity contribution is -0.432. The number of benzene rings is 3. The van der Waals surface area contributed by atoms with E-state index in [-0.39, 0.29) is 44.2 Å². The SMILES string of the molecule is Nc1nc(Cl)nc(Nc2cc(S(=O)(=O)O)cc3cc(SOOO)c(N=Nc4ccccc4S(=O)(=O)O)c(O)c23)n1. The fourth-order valence-corrected chi connectivity index (χ4v) is 5.15. The van der Waals surface area contributed by atoms with Crippen molar-refractivity contribution in [3.05, 3.63) is 47.7 Å². The summed E-state index contributed by atoms with van der Waals surface area (Å²) in [6.45, 7) is 0. The van der Waals surface area contributed by atoms with E-state index in [1.54, 1.807) is 0 Å². The maximum absolute atomic E-state index is 12.0. The normalized spacial score (nSPS) is 12.3. The Bertz CT molecular complexity index is 1850. The Morgan fingerprint density at radius 2 is 1.73 bits per heavy atom. The van der Waals surface area contributed by atoms with E-state index in [0.29, 0.717) is 12.0 Å². The predicted octanol–water partition coefficient (Wildman–Crippen LogP) is 4.05. The predicted molar refractivity (Wildman–Crippen MR) is 139 cm³/mol. The number of aromatic hydroxyl groups is 1. The van der Waals surface area contributed by atoms with Gasteiger partial charge in [-0.2, -0.15) is 31.8 Å². The first-order chi connectivity index (χ1) is 18.8. The van der Waals surface area contributed by atoms with Gasteiger partial charge in [-0.15, -0.1) is 14.6 Å². The Morgan fingerprint density at radius 1 is 1.00 bits per heavy atom. The van der Waals surface area contributed by atoms with Gasteiger partial charge in [-0.3, -0.25) is 9.11 Å². The van der Waals surface area contributed by atoms with Gasteiger partial charge in [-0.25, -0.2) is 5.26 Å². The fraction of sp³-hybridized carbons (Fsp3) is 0. The summed E-state index contributed by atoms with van der Waals surface area (Å²) in [5, 5.41) is 33.3. The van der Waals surface area contributed by atoms with Crippen LogP contribution in [0.4, 0.5) is 29.0 Å². The number of fused-ring (bicyclic) bond motifs is 1. The number of halogens is 1. The van der Waals surface area contributed by atoms with Gasteiger partial charge in [0.25, 0.3) is 20.2 Å². The number of nitrogens with zero attached hydrogens (tertiary/aromatic N) is 5. The number of phenols is 1. The molecule has 0 radical (unpaired) electrons. The summed E-state index contributed by atoms with van der Waals surface area (Å²) in [5.74, 6) is -1.26. The van der Waals surface area contributed by atoms with Crippen LogP contribution < -0.4 is 11.1 Å². The molecule has 21 heteroatoms. The Kier molecular flexibility index (Phi) is 8.34. The summed E-state index contributed by atoms with van der Waals surface area (Å²) >= 11 is 6.10. The first-order valence-corrected chi connectivity index (χ1v) is 14.2. The van der Waals surface area contributed by atoms with Crippen LogP contribution >= 0.6 is 23.6 Å². The maximum atomic E-state index is 12.0. The van der Waals surface area contributed by atoms with Crippen LogP contribution in [-0.4, -0.2) is 51.3 Å². The highest BCUT2D eigenvalue weighted by Crippen LogP contribution is 2.47. The number of anilines is 3. The van der Waals surface area contributed by atoms with E-state index in [1.807, 2.05) is 0 Å². The minimum Gasteiger partial charge on any atom is -0.505 e. The zero-order chi connectivity index (χ0) is 29.2. The molecule has 0 aliphatic heterocycles. The van der Waals surface area contributed by atoms with Gasteiger partial charge < -0.3 is 16.2 Å². The van der Waals surface area contributed by atoms with Crippen LogP contribution in [0, 0.1) is 0 Å². The molecule has 3 aromatic carbocycles. The van der Waals surface area contributed by atoms with Crippen molar-refractivity contribution in [1.29, 1.82) is 0 Å². The van der Waals surface area contributed by atoms with E-state index in [2.05, 4.69) is 39.9 Å². The fourth-order valence-electron chi connectivity index (χ4n) is 3.32. The molecule has 1 heterocycles. The zero-order valence-electron chi connectivity index (χ0n) is 19.2. The third-order valence-electron chi connectivity index (χ3n) is 4.85. The Morgan fingerprint density at radius 3 is 2.38 bits per heavy atom. The van der Waals surface area contributed by atoms with Crippen LogP contribution in [0.25, 0.3) is 10.8 Å². The smallest absolute Gasteiger partial charge is 0.296 e. The van der Waals surface area contributed by atoms with Gasteiger partial charge in [-0.05, 0) is 47.3 Å². The molecule has 210 valence electrons. The number of phenolic OH excluding ortho intramolecular Hbond substituents is 1. The Balaban J connectivity index is 1.99. The Labute approximate surface area is 233 Å². The van der Waals surface area contributed by atoms with Crippen LogP contribution in [-0.2, 0) is 29.6 Å². The molecule has 0 amide bonds. The number of hydrogen-bond acceptors (Lipinski definition) is 16. The van der Waals surface area contributed by atoms with Gasteiger partial charge in [0, 0.05) is 5.39 Å². The molecule has 0 spiro atoms. The minimum absolute atomic E-state index is 0.0374. The molecule has 0 aliphatic carbocycles. The van der Waals surface area contributed by atoms with Crippen molar-refractivity contribution in [2.24, 2.45) is 10.2 Å². The molecule has 0 saturated heterocycles. The molecule has 1 aromatic heterocycles. The van der Waals surface area contributed by atoms with Crippen LogP contribution in [0.2, 0.25) is 5.28 Å². The molecule has 7 N–H and O–H groups in total. The highest BCUT2D eigenvalue weighted by Gasteiger charge is 2.23. The van der Waals surface area contributed by atoms with E-state index in [1.165, 1.54) is 24.3 Å². The van der Waals surface area contributed by atoms with Gasteiger partial charge in [0.05, 0.1) is 27.5 Å². The van der Waals surface area contributed by atoms with E-state index in [0.717, 1.165) is 18.2 Å². The highest BCUT2D eigenvalue weighted by molar-refractivity contribution is 7.94. The van der Waals surface area contributed by atoms with Crippen molar-refractivity contribution in [3.63, 3.8) is 0 Å². The van der Waals surface area contributed by atoms with Gasteiger partial charge in [0.1, 0.15) is 16.3 Å². The number of nitrogens with one attached hydrogen (secondary N) is 1. The third-order valence-corrected chi connectivity index (χ3v) is 7.37. The number of nitrogens with two attached hydrogens (primary N) is 1. The first-order valence-electron chi connectivity index (χ1n) is 10.2. The molecule has 0 bridgehead atoms. The van der Waals surface area contributed by atoms with E-state index >= 15 is 0 Å². The van der Waals surface area contributed by atoms with E-state index < -0.39 is 41.5 Å². The number of aromatic nitrogens is 3. The monoisotopic (exact) mass is 631 g/mol. The molecule has 4 rings (SSSR count). The van der Waals surface area contributed by atoms with E-state index in [4.69, 9.17) is 22.6 Å². The molecule has 0 aliphatic rings. The third kappa shape index (κ3) is 6.52. The number of rotatable bonds is 9. The lowest BCUT2D eigenvalue weighted by atomic mass is 10.1. The van der Waals surface area contributed by atoms with Crippen molar-refractivity contribution < 1.29 is 45.7 Å². The van der Waals surface area contributed by atoms with Crippen molar-refractivity contribution in [3.8, 4) is 5.75 Å². The quantitative estimate of drug-likeness (QED) is 0.0499. The number of hydrogen-bond donors (Lipinski definition) is 6. The molecule has 4 aromatic rings. The van der Waals surface area contributed by atoms with Crippen molar-refractivity contribution >= 4 is 83.6 Å². The summed E-state index contributed by atoms with van der Waals surface area (Å²) in [7, 11) is -9.50. The van der Waals surface area contributed by atoms with Gasteiger partial charge in [0.15, 0.2) is 5.75 Å². The van der Waals surface area contributed by atoms with Crippen LogP contribution in [0.3, 0.4) is 0 Å². The summed E-state index contributed by atoms with van der Waals surface area (Å²) in [6.07, 6.45) is 0. The van der Waals surface area contributed by atoms with Crippen LogP contribution in [0.15, 0.2) is 67.4 Å². The second-order valence-electron chi connectivity index (χ2n) is 7.40. The summed E-state index contributed by atoms with van der Waals surface area (Å²) < 4.78 is 71.0. The van der Waals surface area contributed by atoms with Gasteiger partial charge in [0.2, 0.25) is 17.2 Å². The topological polar surface area (TPSA) is 269 Å². The lowest BCUT2D eigenvalue weighted by Gasteiger charge is -2.15. The van der Waals surface area contributed by atoms with Crippen LogP contribution in [0.1, 0.15) is 0 Å². The lowest BCUT2D eigenvalue weighted by Crippen LogP contribution is -2.05. The standard InChI is InChI=1S/C19H14ClN7O10S3/c20-17-23-18(21)25-19(24-17)22-11-7-9(39(30,31)32)5-8-6-12(38-37-36-29)15(16(28)14(8)11)27-26-10-3-1-2-4-13(10)40(33,34)35/h1-7,28-29H,(H,30,31,32)(H,33,34,35)(H3,21,22,23,24,25). The largest absolute Gasteiger partial charge is 0.505 e. The van der Waals surface area contributed by atoms with Gasteiger partial charge >= 0.3 is 0 Å². The summed E-state index contributed by atoms with van der Waals surface area (Å²) in [4.78, 5) is 9.89. The second-order valence-corrected chi connectivity index (χ2v) is 11.3. The molecule has 17 nitrogen and oxygen atoms in total. The molecule has 0 unspecified atom stereocenters. The summed E-state index contributed by atoms with van der Waals surface area (Å²) in [6, 6.07) is 8.14. The molecular weight excluding hydrogens is 618 g/mol. The average molecular weight is 632 g/mol. The van der Waals surface area contributed by atoms with Crippen molar-refractivity contribution in [1.82, 2.24) is 15.0 Å². The van der Waals surface area contributed by atoms with E-state index in [9.17, 15) is 31.0 Å². The molecule has 0 saturated carbocycles. The number of nitrogen functional groups attached to an aromatic ring is 1. The Hall–Kier alpha value is -3.73. The van der Waals surface area contributed by atoms with Crippen molar-refractivity contribution in [2.45, 2.75) is 14.7 Å². The second kappa shape index (κ2) is 11.4. The first kappa shape index (κ1) is 29.3. The molecular formula is C19H14ClN7O10S3. The molecule has 40 heavy (non-hydrogen) atoms.